The van der Waals surface area contributed by atoms with Crippen molar-refractivity contribution in [2.75, 3.05) is 0 Å². The number of aryl methyl sites for hydroxylation is 2. The average molecular weight is 575 g/mol. The van der Waals surface area contributed by atoms with Crippen LogP contribution in [0.25, 0.3) is 0 Å². The van der Waals surface area contributed by atoms with Crippen LogP contribution in [0.2, 0.25) is 0 Å². The first-order chi connectivity index (χ1) is 17.6. The van der Waals surface area contributed by atoms with Crippen molar-refractivity contribution in [2.45, 2.75) is 61.9 Å². The van der Waals surface area contributed by atoms with Gasteiger partial charge in [-0.3, -0.25) is 0 Å². The summed E-state index contributed by atoms with van der Waals surface area (Å²) < 4.78 is 63.4. The van der Waals surface area contributed by atoms with E-state index in [9.17, 15) is 16.8 Å². The molecule has 2 N–H and O–H groups in total. The highest BCUT2D eigenvalue weighted by Crippen LogP contribution is 2.41. The molecule has 202 valence electrons. The van der Waals surface area contributed by atoms with Gasteiger partial charge in [0, 0.05) is 17.2 Å². The third-order valence-corrected chi connectivity index (χ3v) is 8.92. The van der Waals surface area contributed by atoms with Crippen LogP contribution in [0.1, 0.15) is 43.9 Å². The summed E-state index contributed by atoms with van der Waals surface area (Å²) >= 11 is 5.42. The highest BCUT2D eigenvalue weighted by Gasteiger charge is 2.42. The normalized spacial score (nSPS) is 19.2. The molecule has 11 heteroatoms. The second-order valence-corrected chi connectivity index (χ2v) is 13.8. The summed E-state index contributed by atoms with van der Waals surface area (Å²) in [6.07, 6.45) is 0.517. The van der Waals surface area contributed by atoms with Gasteiger partial charge in [-0.25, -0.2) is 0 Å². The molecule has 0 radical (unpaired) electrons. The Morgan fingerprint density at radius 3 is 1.74 bits per heavy atom. The molecule has 0 spiro atoms. The number of nitrogens with one attached hydrogen (secondary N) is 2. The first-order valence-corrected chi connectivity index (χ1v) is 15.1. The lowest BCUT2D eigenvalue weighted by Crippen LogP contribution is -2.63. The zero-order valence-corrected chi connectivity index (χ0v) is 24.2. The second kappa shape index (κ2) is 9.87. The maximum absolute atomic E-state index is 13.3. The van der Waals surface area contributed by atoms with Crippen LogP contribution in [0.15, 0.2) is 76.5 Å². The molecule has 1 aliphatic rings. The highest BCUT2D eigenvalue weighted by molar-refractivity contribution is 7.87. The maximum Gasteiger partial charge on any atom is 0.339 e. The summed E-state index contributed by atoms with van der Waals surface area (Å²) in [6, 6.07) is 16.8. The molecule has 0 bridgehead atoms. The van der Waals surface area contributed by atoms with Crippen LogP contribution in [0.4, 0.5) is 0 Å². The van der Waals surface area contributed by atoms with E-state index < -0.39 is 31.3 Å². The Balaban J connectivity index is 1.79. The molecule has 4 rings (SSSR count). The second-order valence-electron chi connectivity index (χ2n) is 10.3. The molecule has 0 aliphatic carbocycles. The van der Waals surface area contributed by atoms with E-state index in [1.165, 1.54) is 36.4 Å². The Bertz CT molecular complexity index is 1580. The van der Waals surface area contributed by atoms with Crippen LogP contribution in [-0.2, 0) is 25.8 Å². The summed E-state index contributed by atoms with van der Waals surface area (Å²) in [6.45, 7) is 9.53. The zero-order valence-electron chi connectivity index (χ0n) is 21.7. The number of hydrogen-bond acceptors (Lipinski definition) is 7. The predicted molar refractivity (Wildman–Crippen MR) is 149 cm³/mol. The van der Waals surface area contributed by atoms with Crippen molar-refractivity contribution in [3.8, 4) is 11.5 Å². The van der Waals surface area contributed by atoms with E-state index in [4.69, 9.17) is 20.6 Å². The number of hydrogen-bond donors (Lipinski definition) is 2. The standard InChI is InChI=1S/C27H30N2O6S3/c1-18-6-11-21(12-7-18)37(30,31)34-20-10-15-23(27(5)17-26(3,4)28-25(36)29-27)24(16-20)35-38(32,33)22-13-8-19(2)9-14-22/h6-16H,17H2,1-5H3,(H2,28,29,36)/t27-/m1/s1. The molecule has 1 fully saturated rings. The van der Waals surface area contributed by atoms with Crippen molar-refractivity contribution < 1.29 is 25.2 Å². The van der Waals surface area contributed by atoms with Gasteiger partial charge in [0.1, 0.15) is 15.5 Å². The van der Waals surface area contributed by atoms with Gasteiger partial charge in [-0.15, -0.1) is 0 Å². The lowest BCUT2D eigenvalue weighted by molar-refractivity contribution is 0.249. The van der Waals surface area contributed by atoms with E-state index in [2.05, 4.69) is 10.6 Å². The van der Waals surface area contributed by atoms with E-state index >= 15 is 0 Å². The first kappa shape index (κ1) is 27.9. The third kappa shape index (κ3) is 6.11. The lowest BCUT2D eigenvalue weighted by Gasteiger charge is -2.46. The summed E-state index contributed by atoms with van der Waals surface area (Å²) in [4.78, 5) is -0.0621. The molecule has 3 aromatic rings. The molecule has 0 amide bonds. The minimum Gasteiger partial charge on any atom is -0.379 e. The van der Waals surface area contributed by atoms with Crippen molar-refractivity contribution in [3.05, 3.63) is 83.4 Å². The Kier molecular flexibility index (Phi) is 7.24. The van der Waals surface area contributed by atoms with Gasteiger partial charge in [-0.1, -0.05) is 35.4 Å². The molecular formula is C27H30N2O6S3. The van der Waals surface area contributed by atoms with E-state index in [-0.39, 0.29) is 21.3 Å². The molecule has 8 nitrogen and oxygen atoms in total. The zero-order chi connectivity index (χ0) is 27.9. The van der Waals surface area contributed by atoms with Gasteiger partial charge in [0.2, 0.25) is 0 Å². The Hall–Kier alpha value is -3.15. The Labute approximate surface area is 229 Å². The maximum atomic E-state index is 13.3. The smallest absolute Gasteiger partial charge is 0.339 e. The molecule has 0 unspecified atom stereocenters. The van der Waals surface area contributed by atoms with Gasteiger partial charge in [-0.05, 0) is 89.7 Å². The molecule has 0 saturated carbocycles. The van der Waals surface area contributed by atoms with Gasteiger partial charge >= 0.3 is 20.2 Å². The Morgan fingerprint density at radius 1 is 0.737 bits per heavy atom. The van der Waals surface area contributed by atoms with Crippen LogP contribution in [-0.4, -0.2) is 27.5 Å². The molecular weight excluding hydrogens is 545 g/mol. The summed E-state index contributed by atoms with van der Waals surface area (Å²) in [7, 11) is -8.44. The van der Waals surface area contributed by atoms with E-state index in [0.717, 1.165) is 11.1 Å². The number of benzene rings is 3. The largest absolute Gasteiger partial charge is 0.379 e. The van der Waals surface area contributed by atoms with Gasteiger partial charge < -0.3 is 19.0 Å². The van der Waals surface area contributed by atoms with Crippen LogP contribution < -0.4 is 19.0 Å². The van der Waals surface area contributed by atoms with Gasteiger partial charge in [0.15, 0.2) is 10.9 Å². The monoisotopic (exact) mass is 574 g/mol. The summed E-state index contributed by atoms with van der Waals surface area (Å²) in [5, 5.41) is 6.83. The molecule has 3 aromatic carbocycles. The minimum atomic E-state index is -4.26. The minimum absolute atomic E-state index is 0.0268. The number of rotatable bonds is 7. The fourth-order valence-electron chi connectivity index (χ4n) is 4.55. The van der Waals surface area contributed by atoms with Crippen LogP contribution >= 0.6 is 12.2 Å². The molecule has 38 heavy (non-hydrogen) atoms. The van der Waals surface area contributed by atoms with Crippen LogP contribution in [0, 0.1) is 13.8 Å². The summed E-state index contributed by atoms with van der Waals surface area (Å²) in [5.41, 5.74) is 1.02. The van der Waals surface area contributed by atoms with E-state index in [1.54, 1.807) is 30.3 Å². The average Bonchev–Trinajstić information content (AvgIpc) is 2.77. The van der Waals surface area contributed by atoms with E-state index in [1.807, 2.05) is 34.6 Å². The molecule has 1 saturated heterocycles. The van der Waals surface area contributed by atoms with Crippen molar-refractivity contribution in [2.24, 2.45) is 0 Å². The third-order valence-electron chi connectivity index (χ3n) is 6.21. The predicted octanol–water partition coefficient (Wildman–Crippen LogP) is 4.70. The quantitative estimate of drug-likeness (QED) is 0.306. The van der Waals surface area contributed by atoms with E-state index in [0.29, 0.717) is 17.1 Å². The van der Waals surface area contributed by atoms with Gasteiger partial charge in [0.25, 0.3) is 0 Å². The van der Waals surface area contributed by atoms with Gasteiger partial charge in [0.05, 0.1) is 5.54 Å². The summed E-state index contributed by atoms with van der Waals surface area (Å²) in [5.74, 6) is -0.166. The van der Waals surface area contributed by atoms with Crippen LogP contribution in [0.3, 0.4) is 0 Å². The SMILES string of the molecule is Cc1ccc(S(=O)(=O)Oc2ccc([C@@]3(C)CC(C)(C)NC(=S)N3)c(OS(=O)(=O)c3ccc(C)cc3)c2)cc1. The Morgan fingerprint density at radius 2 is 1.24 bits per heavy atom. The van der Waals surface area contributed by atoms with Crippen molar-refractivity contribution >= 4 is 37.6 Å². The number of thiocarbonyl (C=S) groups is 1. The first-order valence-electron chi connectivity index (χ1n) is 11.9. The lowest BCUT2D eigenvalue weighted by atomic mass is 9.78. The molecule has 1 atom stereocenters. The topological polar surface area (TPSA) is 111 Å². The molecule has 1 heterocycles. The van der Waals surface area contributed by atoms with Crippen molar-refractivity contribution in [1.29, 1.82) is 0 Å². The van der Waals surface area contributed by atoms with Crippen molar-refractivity contribution in [1.82, 2.24) is 10.6 Å². The van der Waals surface area contributed by atoms with Gasteiger partial charge in [-0.2, -0.15) is 16.8 Å². The fourth-order valence-corrected chi connectivity index (χ4v) is 6.92. The highest BCUT2D eigenvalue weighted by atomic mass is 32.2. The van der Waals surface area contributed by atoms with Crippen LogP contribution in [0.5, 0.6) is 11.5 Å². The fraction of sp³-hybridized carbons (Fsp3) is 0.296. The van der Waals surface area contributed by atoms with Crippen molar-refractivity contribution in [3.63, 3.8) is 0 Å². The molecule has 1 aliphatic heterocycles. The molecule has 0 aromatic heterocycles.